The molecule has 0 saturated carbocycles. The van der Waals surface area contributed by atoms with Crippen LogP contribution >= 0.6 is 0 Å². The number of rotatable bonds is 3. The minimum absolute atomic E-state index is 0.219. The summed E-state index contributed by atoms with van der Waals surface area (Å²) < 4.78 is 15.3. The van der Waals surface area contributed by atoms with Gasteiger partial charge in [0.15, 0.2) is 0 Å². The lowest BCUT2D eigenvalue weighted by atomic mass is 10.2. The quantitative estimate of drug-likeness (QED) is 0.919. The maximum atomic E-state index is 13.6. The van der Waals surface area contributed by atoms with Crippen molar-refractivity contribution >= 4 is 11.0 Å². The maximum absolute atomic E-state index is 13.6. The fraction of sp³-hybridized carbons (Fsp3) is 0.500. The number of halogens is 1. The van der Waals surface area contributed by atoms with Crippen molar-refractivity contribution in [3.8, 4) is 0 Å². The average molecular weight is 263 g/mol. The standard InChI is InChI=1S/C14H18FN3O/c1-2-17-8-4-5-10(17)9-18-12-7-3-6-11(15)13(12)16-14(18)19/h3,6-7,10H,2,4-5,8-9H2,1H3,(H,16,19). The number of H-pyrrole nitrogens is 1. The highest BCUT2D eigenvalue weighted by molar-refractivity contribution is 5.75. The van der Waals surface area contributed by atoms with Gasteiger partial charge in [0.2, 0.25) is 0 Å². The van der Waals surface area contributed by atoms with Gasteiger partial charge in [-0.1, -0.05) is 13.0 Å². The van der Waals surface area contributed by atoms with E-state index in [-0.39, 0.29) is 11.5 Å². The van der Waals surface area contributed by atoms with Gasteiger partial charge < -0.3 is 4.98 Å². The zero-order valence-corrected chi connectivity index (χ0v) is 11.0. The van der Waals surface area contributed by atoms with E-state index in [1.165, 1.54) is 12.5 Å². The normalized spacial score (nSPS) is 20.4. The van der Waals surface area contributed by atoms with Crippen molar-refractivity contribution < 1.29 is 4.39 Å². The molecule has 1 aromatic carbocycles. The van der Waals surface area contributed by atoms with Crippen LogP contribution in [0, 0.1) is 5.82 Å². The fourth-order valence-corrected chi connectivity index (χ4v) is 3.06. The highest BCUT2D eigenvalue weighted by atomic mass is 19.1. The van der Waals surface area contributed by atoms with E-state index < -0.39 is 0 Å². The molecular formula is C14H18FN3O. The van der Waals surface area contributed by atoms with Crippen molar-refractivity contribution in [1.29, 1.82) is 0 Å². The summed E-state index contributed by atoms with van der Waals surface area (Å²) in [6.45, 7) is 4.86. The van der Waals surface area contributed by atoms with Gasteiger partial charge in [0.1, 0.15) is 11.3 Å². The second kappa shape index (κ2) is 4.81. The number of hydrogen-bond acceptors (Lipinski definition) is 2. The van der Waals surface area contributed by atoms with E-state index in [1.54, 1.807) is 16.7 Å². The Balaban J connectivity index is 1.99. The summed E-state index contributed by atoms with van der Waals surface area (Å²) in [5.74, 6) is -0.368. The van der Waals surface area contributed by atoms with Gasteiger partial charge in [0.05, 0.1) is 5.52 Å². The molecule has 1 unspecified atom stereocenters. The number of aromatic nitrogens is 2. The van der Waals surface area contributed by atoms with E-state index >= 15 is 0 Å². The molecule has 19 heavy (non-hydrogen) atoms. The molecule has 1 aromatic heterocycles. The molecule has 0 amide bonds. The smallest absolute Gasteiger partial charge is 0.303 e. The van der Waals surface area contributed by atoms with Gasteiger partial charge in [-0.15, -0.1) is 0 Å². The van der Waals surface area contributed by atoms with Crippen molar-refractivity contribution in [2.24, 2.45) is 0 Å². The van der Waals surface area contributed by atoms with Gasteiger partial charge in [0, 0.05) is 12.6 Å². The molecule has 0 aliphatic carbocycles. The van der Waals surface area contributed by atoms with Gasteiger partial charge in [0.25, 0.3) is 0 Å². The Kier molecular flexibility index (Phi) is 3.14. The second-order valence-corrected chi connectivity index (χ2v) is 5.10. The van der Waals surface area contributed by atoms with E-state index in [2.05, 4.69) is 16.8 Å². The Labute approximate surface area is 110 Å². The van der Waals surface area contributed by atoms with Crippen LogP contribution in [-0.2, 0) is 6.54 Å². The molecule has 5 heteroatoms. The molecule has 0 radical (unpaired) electrons. The monoisotopic (exact) mass is 263 g/mol. The van der Waals surface area contributed by atoms with Crippen molar-refractivity contribution in [1.82, 2.24) is 14.5 Å². The molecule has 1 aliphatic heterocycles. The van der Waals surface area contributed by atoms with Crippen molar-refractivity contribution in [3.05, 3.63) is 34.5 Å². The van der Waals surface area contributed by atoms with Crippen LogP contribution in [-0.4, -0.2) is 33.6 Å². The summed E-state index contributed by atoms with van der Waals surface area (Å²) >= 11 is 0. The van der Waals surface area contributed by atoms with E-state index in [4.69, 9.17) is 0 Å². The number of aromatic amines is 1. The second-order valence-electron chi connectivity index (χ2n) is 5.10. The van der Waals surface area contributed by atoms with Gasteiger partial charge in [-0.05, 0) is 38.1 Å². The Morgan fingerprint density at radius 1 is 1.47 bits per heavy atom. The first-order valence-electron chi connectivity index (χ1n) is 6.81. The topological polar surface area (TPSA) is 41.0 Å². The molecule has 1 N–H and O–H groups in total. The van der Waals surface area contributed by atoms with Crippen molar-refractivity contribution in [2.75, 3.05) is 13.1 Å². The maximum Gasteiger partial charge on any atom is 0.326 e. The third-order valence-corrected chi connectivity index (χ3v) is 4.06. The number of para-hydroxylation sites is 1. The van der Waals surface area contributed by atoms with Gasteiger partial charge in [-0.25, -0.2) is 9.18 Å². The molecule has 1 atom stereocenters. The van der Waals surface area contributed by atoms with Crippen LogP contribution in [0.5, 0.6) is 0 Å². The molecule has 4 nitrogen and oxygen atoms in total. The van der Waals surface area contributed by atoms with Crippen LogP contribution in [0.1, 0.15) is 19.8 Å². The Morgan fingerprint density at radius 2 is 2.32 bits per heavy atom. The Bertz CT molecular complexity index is 646. The summed E-state index contributed by atoms with van der Waals surface area (Å²) in [6, 6.07) is 5.19. The zero-order valence-electron chi connectivity index (χ0n) is 11.0. The van der Waals surface area contributed by atoms with Crippen LogP contribution in [0.25, 0.3) is 11.0 Å². The number of likely N-dealkylation sites (N-methyl/N-ethyl adjacent to an activating group) is 1. The molecule has 2 aromatic rings. The van der Waals surface area contributed by atoms with E-state index in [0.717, 1.165) is 19.5 Å². The number of fused-ring (bicyclic) bond motifs is 1. The molecule has 0 bridgehead atoms. The number of benzene rings is 1. The zero-order chi connectivity index (χ0) is 13.4. The van der Waals surface area contributed by atoms with Crippen molar-refractivity contribution in [2.45, 2.75) is 32.4 Å². The predicted molar refractivity (Wildman–Crippen MR) is 72.8 cm³/mol. The first kappa shape index (κ1) is 12.4. The Morgan fingerprint density at radius 3 is 3.11 bits per heavy atom. The first-order valence-corrected chi connectivity index (χ1v) is 6.81. The van der Waals surface area contributed by atoms with Crippen LogP contribution in [0.2, 0.25) is 0 Å². The summed E-state index contributed by atoms with van der Waals surface area (Å²) in [7, 11) is 0. The SMILES string of the molecule is CCN1CCCC1Cn1c(=O)[nH]c2c(F)cccc21. The Hall–Kier alpha value is -1.62. The van der Waals surface area contributed by atoms with Crippen LogP contribution in [0.3, 0.4) is 0 Å². The molecule has 0 spiro atoms. The highest BCUT2D eigenvalue weighted by Gasteiger charge is 2.24. The summed E-state index contributed by atoms with van der Waals surface area (Å²) in [5, 5.41) is 0. The number of likely N-dealkylation sites (tertiary alicyclic amines) is 1. The predicted octanol–water partition coefficient (Wildman–Crippen LogP) is 1.95. The van der Waals surface area contributed by atoms with Gasteiger partial charge in [-0.2, -0.15) is 0 Å². The third kappa shape index (κ3) is 2.08. The summed E-state index contributed by atoms with van der Waals surface area (Å²) in [6.07, 6.45) is 2.27. The van der Waals surface area contributed by atoms with E-state index in [9.17, 15) is 9.18 Å². The average Bonchev–Trinajstić information content (AvgIpc) is 2.97. The molecule has 1 fully saturated rings. The van der Waals surface area contributed by atoms with Crippen molar-refractivity contribution in [3.63, 3.8) is 0 Å². The molecule has 2 heterocycles. The summed E-state index contributed by atoms with van der Waals surface area (Å²) in [5.41, 5.74) is 0.754. The molecule has 1 saturated heterocycles. The minimum atomic E-state index is -0.368. The lowest BCUT2D eigenvalue weighted by Gasteiger charge is -2.22. The molecule has 1 aliphatic rings. The molecular weight excluding hydrogens is 245 g/mol. The minimum Gasteiger partial charge on any atom is -0.303 e. The largest absolute Gasteiger partial charge is 0.326 e. The first-order chi connectivity index (χ1) is 9.20. The van der Waals surface area contributed by atoms with E-state index in [1.807, 2.05) is 0 Å². The molecule has 102 valence electrons. The van der Waals surface area contributed by atoms with Crippen LogP contribution in [0.15, 0.2) is 23.0 Å². The highest BCUT2D eigenvalue weighted by Crippen LogP contribution is 2.20. The van der Waals surface area contributed by atoms with Crippen LogP contribution < -0.4 is 5.69 Å². The van der Waals surface area contributed by atoms with Gasteiger partial charge >= 0.3 is 5.69 Å². The number of hydrogen-bond donors (Lipinski definition) is 1. The van der Waals surface area contributed by atoms with Gasteiger partial charge in [-0.3, -0.25) is 9.47 Å². The lowest BCUT2D eigenvalue weighted by Crippen LogP contribution is -2.35. The fourth-order valence-electron chi connectivity index (χ4n) is 3.06. The third-order valence-electron chi connectivity index (χ3n) is 4.06. The molecule has 3 rings (SSSR count). The van der Waals surface area contributed by atoms with Crippen LogP contribution in [0.4, 0.5) is 4.39 Å². The van der Waals surface area contributed by atoms with E-state index in [0.29, 0.717) is 23.6 Å². The number of imidazole rings is 1. The summed E-state index contributed by atoms with van der Waals surface area (Å²) in [4.78, 5) is 17.0. The number of nitrogens with zero attached hydrogens (tertiary/aromatic N) is 2. The number of nitrogens with one attached hydrogen (secondary N) is 1. The lowest BCUT2D eigenvalue weighted by molar-refractivity contribution is 0.244.